The van der Waals surface area contributed by atoms with Crippen LogP contribution < -0.4 is 20.5 Å². The molecule has 0 radical (unpaired) electrons. The molecule has 0 aliphatic carbocycles. The summed E-state index contributed by atoms with van der Waals surface area (Å²) in [6, 6.07) is 12.2. The zero-order chi connectivity index (χ0) is 24.5. The quantitative estimate of drug-likeness (QED) is 0.427. The summed E-state index contributed by atoms with van der Waals surface area (Å²) in [5, 5.41) is 14.1. The number of hydrogen-bond donors (Lipinski definition) is 3. The molecule has 0 aromatic heterocycles. The lowest BCUT2D eigenvalue weighted by atomic mass is 10.1. The molecule has 1 saturated heterocycles. The van der Waals surface area contributed by atoms with Gasteiger partial charge in [0.05, 0.1) is 15.7 Å². The molecule has 1 heterocycles. The number of hydrogen-bond acceptors (Lipinski definition) is 6. The molecule has 2 aromatic carbocycles. The molecule has 10 heteroatoms. The van der Waals surface area contributed by atoms with Crippen molar-refractivity contribution < 1.29 is 24.2 Å². The first kappa shape index (κ1) is 26.1. The van der Waals surface area contributed by atoms with Gasteiger partial charge < -0.3 is 30.5 Å². The van der Waals surface area contributed by atoms with Crippen molar-refractivity contribution in [2.75, 3.05) is 31.6 Å². The highest BCUT2D eigenvalue weighted by molar-refractivity contribution is 6.42. The zero-order valence-electron chi connectivity index (χ0n) is 18.7. The molecule has 1 fully saturated rings. The number of ether oxygens (including phenoxy) is 2. The molecule has 0 saturated carbocycles. The van der Waals surface area contributed by atoms with Gasteiger partial charge in [0, 0.05) is 38.5 Å². The minimum atomic E-state index is -0.703. The maximum Gasteiger partial charge on any atom is 0.224 e. The Balaban J connectivity index is 1.41. The maximum atomic E-state index is 12.0. The summed E-state index contributed by atoms with van der Waals surface area (Å²) in [7, 11) is 0. The van der Waals surface area contributed by atoms with Crippen molar-refractivity contribution in [3.8, 4) is 11.5 Å². The van der Waals surface area contributed by atoms with Gasteiger partial charge >= 0.3 is 0 Å². The number of likely N-dealkylation sites (tertiary alicyclic amines) is 1. The van der Waals surface area contributed by atoms with E-state index in [0.717, 1.165) is 25.9 Å². The molecule has 1 aliphatic heterocycles. The molecule has 34 heavy (non-hydrogen) atoms. The highest BCUT2D eigenvalue weighted by Gasteiger charge is 2.23. The largest absolute Gasteiger partial charge is 0.490 e. The van der Waals surface area contributed by atoms with E-state index in [0.29, 0.717) is 33.8 Å². The number of aliphatic hydroxyl groups excluding tert-OH is 1. The fourth-order valence-corrected chi connectivity index (χ4v) is 3.92. The van der Waals surface area contributed by atoms with Crippen molar-refractivity contribution in [2.24, 2.45) is 5.73 Å². The van der Waals surface area contributed by atoms with E-state index in [4.69, 9.17) is 38.4 Å². The van der Waals surface area contributed by atoms with Crippen molar-refractivity contribution in [1.82, 2.24) is 4.90 Å². The second-order valence-corrected chi connectivity index (χ2v) is 8.98. The van der Waals surface area contributed by atoms with E-state index in [1.165, 1.54) is 0 Å². The average Bonchev–Trinajstić information content (AvgIpc) is 2.81. The summed E-state index contributed by atoms with van der Waals surface area (Å²) in [6.45, 7) is 2.12. The summed E-state index contributed by atoms with van der Waals surface area (Å²) >= 11 is 12.0. The maximum absolute atomic E-state index is 12.0. The first-order valence-corrected chi connectivity index (χ1v) is 11.9. The smallest absolute Gasteiger partial charge is 0.224 e. The summed E-state index contributed by atoms with van der Waals surface area (Å²) in [5.74, 6) is 0.276. The van der Waals surface area contributed by atoms with Crippen molar-refractivity contribution >= 4 is 40.7 Å². The lowest BCUT2D eigenvalue weighted by molar-refractivity contribution is -0.122. The van der Waals surface area contributed by atoms with E-state index in [9.17, 15) is 14.7 Å². The third-order valence-corrected chi connectivity index (χ3v) is 6.13. The number of β-amino-alcohol motifs (C(OH)–C–C–N with tert-alkyl or cyclic N) is 1. The molecule has 0 bridgehead atoms. The number of rotatable bonds is 11. The molecule has 3 rings (SSSR count). The van der Waals surface area contributed by atoms with Crippen LogP contribution in [0.4, 0.5) is 5.69 Å². The molecule has 1 atom stereocenters. The number of nitrogens with zero attached hydrogens (tertiary/aromatic N) is 1. The van der Waals surface area contributed by atoms with Crippen LogP contribution in [0.1, 0.15) is 25.7 Å². The third-order valence-electron chi connectivity index (χ3n) is 5.39. The predicted molar refractivity (Wildman–Crippen MR) is 132 cm³/mol. The van der Waals surface area contributed by atoms with Crippen LogP contribution in [0.25, 0.3) is 0 Å². The van der Waals surface area contributed by atoms with Gasteiger partial charge in [-0.3, -0.25) is 9.59 Å². The van der Waals surface area contributed by atoms with E-state index in [1.54, 1.807) is 42.5 Å². The van der Waals surface area contributed by atoms with Crippen molar-refractivity contribution in [3.63, 3.8) is 0 Å². The van der Waals surface area contributed by atoms with Gasteiger partial charge in [-0.05, 0) is 37.1 Å². The summed E-state index contributed by atoms with van der Waals surface area (Å²) in [6.07, 6.45) is 1.000. The normalized spacial score (nSPS) is 15.5. The molecule has 4 N–H and O–H groups in total. The number of benzene rings is 2. The minimum Gasteiger partial charge on any atom is -0.490 e. The number of carbonyl (C=O) groups excluding carboxylic acids is 2. The molecule has 184 valence electrons. The second-order valence-electron chi connectivity index (χ2n) is 8.17. The Hall–Kier alpha value is -2.52. The summed E-state index contributed by atoms with van der Waals surface area (Å²) in [5.41, 5.74) is 5.56. The fraction of sp³-hybridized carbons (Fsp3) is 0.417. The first-order valence-electron chi connectivity index (χ1n) is 11.1. The Labute approximate surface area is 208 Å². The highest BCUT2D eigenvalue weighted by atomic mass is 35.5. The van der Waals surface area contributed by atoms with Gasteiger partial charge in [-0.1, -0.05) is 35.3 Å². The topological polar surface area (TPSA) is 114 Å². The highest BCUT2D eigenvalue weighted by Crippen LogP contribution is 2.28. The Bertz CT molecular complexity index is 983. The Morgan fingerprint density at radius 3 is 2.56 bits per heavy atom. The van der Waals surface area contributed by atoms with Crippen molar-refractivity contribution in [1.29, 1.82) is 0 Å². The molecule has 1 aliphatic rings. The number of nitrogens with one attached hydrogen (secondary N) is 1. The van der Waals surface area contributed by atoms with Gasteiger partial charge in [-0.2, -0.15) is 0 Å². The molecule has 2 aromatic rings. The van der Waals surface area contributed by atoms with Crippen LogP contribution in [0.5, 0.6) is 11.5 Å². The monoisotopic (exact) mass is 509 g/mol. The number of amides is 2. The van der Waals surface area contributed by atoms with Gasteiger partial charge in [-0.25, -0.2) is 0 Å². The zero-order valence-corrected chi connectivity index (χ0v) is 20.2. The van der Waals surface area contributed by atoms with Crippen LogP contribution >= 0.6 is 23.2 Å². The van der Waals surface area contributed by atoms with Crippen molar-refractivity contribution in [3.05, 3.63) is 52.5 Å². The van der Waals surface area contributed by atoms with Crippen LogP contribution in [0.15, 0.2) is 42.5 Å². The van der Waals surface area contributed by atoms with Crippen LogP contribution in [-0.4, -0.2) is 60.3 Å². The molecular weight excluding hydrogens is 481 g/mol. The minimum absolute atomic E-state index is 0.00296. The first-order chi connectivity index (χ1) is 16.3. The number of nitrogens with two attached hydrogens (primary N) is 1. The van der Waals surface area contributed by atoms with Gasteiger partial charge in [0.2, 0.25) is 11.8 Å². The molecule has 8 nitrogen and oxygen atoms in total. The molecule has 2 amide bonds. The number of carbonyl (C=O) groups is 2. The summed E-state index contributed by atoms with van der Waals surface area (Å²) < 4.78 is 11.8. The van der Waals surface area contributed by atoms with Crippen LogP contribution in [-0.2, 0) is 9.59 Å². The van der Waals surface area contributed by atoms with Crippen LogP contribution in [0.2, 0.25) is 10.0 Å². The van der Waals surface area contributed by atoms with Crippen molar-refractivity contribution in [2.45, 2.75) is 37.9 Å². The number of primary amides is 1. The average molecular weight is 510 g/mol. The van der Waals surface area contributed by atoms with Crippen LogP contribution in [0, 0.1) is 0 Å². The van der Waals surface area contributed by atoms with Gasteiger partial charge in [-0.15, -0.1) is 0 Å². The Morgan fingerprint density at radius 1 is 1.12 bits per heavy atom. The van der Waals surface area contributed by atoms with E-state index < -0.39 is 12.0 Å². The van der Waals surface area contributed by atoms with E-state index in [2.05, 4.69) is 10.2 Å². The van der Waals surface area contributed by atoms with Gasteiger partial charge in [0.15, 0.2) is 0 Å². The standard InChI is InChI=1S/C24H29Cl2N3O5/c25-19-6-5-18(13-20(19)26)34-17-9-11-29(12-10-17)14-16(30)15-33-22-4-2-1-3-21(22)28-24(32)8-7-23(27)31/h1-6,13,16-17,30H,7-12,14-15H2,(H2,27,31)(H,28,32). The number of anilines is 1. The van der Waals surface area contributed by atoms with E-state index >= 15 is 0 Å². The Kier molecular flexibility index (Phi) is 9.83. The third kappa shape index (κ3) is 8.36. The number of halogens is 2. The van der Waals surface area contributed by atoms with Crippen LogP contribution in [0.3, 0.4) is 0 Å². The fourth-order valence-electron chi connectivity index (χ4n) is 3.63. The van der Waals surface area contributed by atoms with Gasteiger partial charge in [0.25, 0.3) is 0 Å². The van der Waals surface area contributed by atoms with Gasteiger partial charge in [0.1, 0.15) is 30.3 Å². The predicted octanol–water partition coefficient (Wildman–Crippen LogP) is 3.48. The summed E-state index contributed by atoms with van der Waals surface area (Å²) in [4.78, 5) is 25.0. The Morgan fingerprint density at radius 2 is 1.85 bits per heavy atom. The SMILES string of the molecule is NC(=O)CCC(=O)Nc1ccccc1OCC(O)CN1CCC(Oc2ccc(Cl)c(Cl)c2)CC1. The van der Waals surface area contributed by atoms with E-state index in [1.807, 2.05) is 0 Å². The van der Waals surface area contributed by atoms with E-state index in [-0.39, 0.29) is 31.5 Å². The molecule has 1 unspecified atom stereocenters. The second kappa shape index (κ2) is 12.8. The number of piperidine rings is 1. The number of para-hydroxylation sites is 2. The number of aliphatic hydroxyl groups is 1. The molecular formula is C24H29Cl2N3O5. The lowest BCUT2D eigenvalue weighted by Crippen LogP contribution is -2.43. The lowest BCUT2D eigenvalue weighted by Gasteiger charge is -2.33. The molecule has 0 spiro atoms.